The molecule has 21 heavy (non-hydrogen) atoms. The molecule has 0 unspecified atom stereocenters. The average Bonchev–Trinajstić information content (AvgIpc) is 2.84. The smallest absolute Gasteiger partial charge is 0.225 e. The van der Waals surface area contributed by atoms with Crippen LogP contribution in [-0.4, -0.2) is 42.4 Å². The molecule has 0 saturated carbocycles. The molecule has 0 spiro atoms. The lowest BCUT2D eigenvalue weighted by molar-refractivity contribution is 0.724. The molecule has 0 bridgehead atoms. The van der Waals surface area contributed by atoms with Crippen LogP contribution in [0.3, 0.4) is 0 Å². The van der Waals surface area contributed by atoms with E-state index in [0.29, 0.717) is 0 Å². The van der Waals surface area contributed by atoms with Crippen LogP contribution in [0.1, 0.15) is 6.42 Å². The quantitative estimate of drug-likeness (QED) is 0.883. The number of anilines is 1. The van der Waals surface area contributed by atoms with Crippen LogP contribution in [-0.2, 0) is 0 Å². The fourth-order valence-corrected chi connectivity index (χ4v) is 2.88. The molecule has 110 valence electrons. The first kappa shape index (κ1) is 14.4. The van der Waals surface area contributed by atoms with Gasteiger partial charge in [0.25, 0.3) is 0 Å². The van der Waals surface area contributed by atoms with Crippen LogP contribution >= 0.6 is 11.8 Å². The van der Waals surface area contributed by atoms with E-state index in [4.69, 9.17) is 4.98 Å². The van der Waals surface area contributed by atoms with E-state index in [1.54, 1.807) is 11.8 Å². The molecule has 1 aliphatic heterocycles. The zero-order chi connectivity index (χ0) is 14.5. The Labute approximate surface area is 130 Å². The van der Waals surface area contributed by atoms with Crippen LogP contribution in [0.25, 0.3) is 11.3 Å². The van der Waals surface area contributed by atoms with Crippen molar-refractivity contribution in [2.45, 2.75) is 11.3 Å². The lowest BCUT2D eigenvalue weighted by Crippen LogP contribution is -2.29. The SMILES string of the molecule is CSc1ccc(-c2ccnc(N3CCCNCC3)n2)cc1. The first-order valence-electron chi connectivity index (χ1n) is 7.30. The summed E-state index contributed by atoms with van der Waals surface area (Å²) in [6.07, 6.45) is 5.08. The number of aromatic nitrogens is 2. The molecule has 0 atom stereocenters. The third kappa shape index (κ3) is 3.54. The van der Waals surface area contributed by atoms with Crippen molar-refractivity contribution in [3.63, 3.8) is 0 Å². The molecule has 3 rings (SSSR count). The van der Waals surface area contributed by atoms with Gasteiger partial charge in [0, 0.05) is 36.3 Å². The summed E-state index contributed by atoms with van der Waals surface area (Å²) in [7, 11) is 0. The summed E-state index contributed by atoms with van der Waals surface area (Å²) in [5, 5.41) is 3.41. The van der Waals surface area contributed by atoms with Gasteiger partial charge in [-0.1, -0.05) is 12.1 Å². The summed E-state index contributed by atoms with van der Waals surface area (Å²) in [6.45, 7) is 4.05. The fourth-order valence-electron chi connectivity index (χ4n) is 2.47. The van der Waals surface area contributed by atoms with Crippen molar-refractivity contribution in [3.05, 3.63) is 36.5 Å². The van der Waals surface area contributed by atoms with E-state index >= 15 is 0 Å². The van der Waals surface area contributed by atoms with Gasteiger partial charge in [-0.3, -0.25) is 0 Å². The monoisotopic (exact) mass is 300 g/mol. The predicted octanol–water partition coefficient (Wildman–Crippen LogP) is 2.67. The van der Waals surface area contributed by atoms with Gasteiger partial charge in [-0.05, 0) is 37.4 Å². The fraction of sp³-hybridized carbons (Fsp3) is 0.375. The van der Waals surface area contributed by atoms with E-state index in [1.807, 2.05) is 12.3 Å². The molecule has 1 aliphatic rings. The summed E-state index contributed by atoms with van der Waals surface area (Å²) in [6, 6.07) is 10.5. The zero-order valence-electron chi connectivity index (χ0n) is 12.2. The van der Waals surface area contributed by atoms with Crippen molar-refractivity contribution < 1.29 is 0 Å². The number of rotatable bonds is 3. The molecule has 1 fully saturated rings. The number of nitrogens with one attached hydrogen (secondary N) is 1. The highest BCUT2D eigenvalue weighted by molar-refractivity contribution is 7.98. The summed E-state index contributed by atoms with van der Waals surface area (Å²) >= 11 is 1.75. The molecule has 0 aliphatic carbocycles. The Hall–Kier alpha value is -1.59. The van der Waals surface area contributed by atoms with Gasteiger partial charge in [0.05, 0.1) is 5.69 Å². The van der Waals surface area contributed by atoms with Gasteiger partial charge < -0.3 is 10.2 Å². The Morgan fingerprint density at radius 2 is 1.95 bits per heavy atom. The molecule has 5 heteroatoms. The third-order valence-electron chi connectivity index (χ3n) is 3.65. The largest absolute Gasteiger partial charge is 0.339 e. The van der Waals surface area contributed by atoms with Gasteiger partial charge in [0.2, 0.25) is 5.95 Å². The summed E-state index contributed by atoms with van der Waals surface area (Å²) in [5.74, 6) is 0.838. The first-order chi connectivity index (χ1) is 10.4. The van der Waals surface area contributed by atoms with Gasteiger partial charge >= 0.3 is 0 Å². The van der Waals surface area contributed by atoms with Crippen LogP contribution in [0.4, 0.5) is 5.95 Å². The minimum absolute atomic E-state index is 0.838. The van der Waals surface area contributed by atoms with Gasteiger partial charge in [-0.25, -0.2) is 9.97 Å². The van der Waals surface area contributed by atoms with Crippen LogP contribution in [0, 0.1) is 0 Å². The summed E-state index contributed by atoms with van der Waals surface area (Å²) < 4.78 is 0. The van der Waals surface area contributed by atoms with Crippen molar-refractivity contribution in [1.29, 1.82) is 0 Å². The van der Waals surface area contributed by atoms with E-state index in [-0.39, 0.29) is 0 Å². The lowest BCUT2D eigenvalue weighted by Gasteiger charge is -2.20. The zero-order valence-corrected chi connectivity index (χ0v) is 13.1. The Morgan fingerprint density at radius 1 is 1.10 bits per heavy atom. The predicted molar refractivity (Wildman–Crippen MR) is 88.9 cm³/mol. The van der Waals surface area contributed by atoms with Gasteiger partial charge in [-0.2, -0.15) is 0 Å². The molecule has 4 nitrogen and oxygen atoms in total. The van der Waals surface area contributed by atoms with E-state index in [0.717, 1.165) is 49.8 Å². The van der Waals surface area contributed by atoms with Crippen molar-refractivity contribution in [3.8, 4) is 11.3 Å². The van der Waals surface area contributed by atoms with Crippen molar-refractivity contribution in [2.24, 2.45) is 0 Å². The summed E-state index contributed by atoms with van der Waals surface area (Å²) in [5.41, 5.74) is 2.13. The molecule has 2 aromatic rings. The van der Waals surface area contributed by atoms with Crippen molar-refractivity contribution in [2.75, 3.05) is 37.3 Å². The number of nitrogens with zero attached hydrogens (tertiary/aromatic N) is 3. The van der Waals surface area contributed by atoms with E-state index in [1.165, 1.54) is 4.90 Å². The molecule has 2 heterocycles. The van der Waals surface area contributed by atoms with E-state index in [2.05, 4.69) is 45.7 Å². The second kappa shape index (κ2) is 6.91. The Balaban J connectivity index is 1.84. The van der Waals surface area contributed by atoms with Gasteiger partial charge in [0.1, 0.15) is 0 Å². The Kier molecular flexibility index (Phi) is 4.72. The average molecular weight is 300 g/mol. The number of hydrogen-bond acceptors (Lipinski definition) is 5. The first-order valence-corrected chi connectivity index (χ1v) is 8.52. The highest BCUT2D eigenvalue weighted by atomic mass is 32.2. The molecule has 1 aromatic carbocycles. The molecule has 0 amide bonds. The van der Waals surface area contributed by atoms with Gasteiger partial charge in [-0.15, -0.1) is 11.8 Å². The Morgan fingerprint density at radius 3 is 2.76 bits per heavy atom. The van der Waals surface area contributed by atoms with Crippen molar-refractivity contribution >= 4 is 17.7 Å². The van der Waals surface area contributed by atoms with Crippen LogP contribution in [0.15, 0.2) is 41.4 Å². The minimum atomic E-state index is 0.838. The maximum atomic E-state index is 4.74. The number of thioether (sulfide) groups is 1. The molecular weight excluding hydrogens is 280 g/mol. The standard InChI is InChI=1S/C16H20N4S/c1-21-14-5-3-13(4-6-14)15-7-9-18-16(19-15)20-11-2-8-17-10-12-20/h3-7,9,17H,2,8,10-12H2,1H3. The highest BCUT2D eigenvalue weighted by Crippen LogP contribution is 2.22. The molecule has 1 saturated heterocycles. The maximum Gasteiger partial charge on any atom is 0.225 e. The van der Waals surface area contributed by atoms with Crippen LogP contribution in [0.2, 0.25) is 0 Å². The number of benzene rings is 1. The van der Waals surface area contributed by atoms with E-state index in [9.17, 15) is 0 Å². The maximum absolute atomic E-state index is 4.74. The molecule has 0 radical (unpaired) electrons. The Bertz CT molecular complexity index is 577. The van der Waals surface area contributed by atoms with E-state index < -0.39 is 0 Å². The molecular formula is C16H20N4S. The summed E-state index contributed by atoms with van der Waals surface area (Å²) in [4.78, 5) is 12.7. The second-order valence-electron chi connectivity index (χ2n) is 5.06. The molecule has 1 N–H and O–H groups in total. The highest BCUT2D eigenvalue weighted by Gasteiger charge is 2.12. The van der Waals surface area contributed by atoms with Crippen LogP contribution < -0.4 is 10.2 Å². The van der Waals surface area contributed by atoms with Gasteiger partial charge in [0.15, 0.2) is 0 Å². The second-order valence-corrected chi connectivity index (χ2v) is 5.94. The van der Waals surface area contributed by atoms with Crippen molar-refractivity contribution in [1.82, 2.24) is 15.3 Å². The van der Waals surface area contributed by atoms with Crippen LogP contribution in [0.5, 0.6) is 0 Å². The molecule has 1 aromatic heterocycles. The number of hydrogen-bond donors (Lipinski definition) is 1. The topological polar surface area (TPSA) is 41.1 Å². The normalized spacial score (nSPS) is 15.8. The third-order valence-corrected chi connectivity index (χ3v) is 4.40. The lowest BCUT2D eigenvalue weighted by atomic mass is 10.1. The minimum Gasteiger partial charge on any atom is -0.339 e.